The van der Waals surface area contributed by atoms with Gasteiger partial charge in [-0.1, -0.05) is 19.1 Å². The van der Waals surface area contributed by atoms with Gasteiger partial charge in [0.25, 0.3) is 5.91 Å². The number of nitrogens with zero attached hydrogens (tertiary/aromatic N) is 4. The van der Waals surface area contributed by atoms with Crippen LogP contribution in [0.2, 0.25) is 0 Å². The van der Waals surface area contributed by atoms with Crippen molar-refractivity contribution in [1.82, 2.24) is 19.8 Å². The van der Waals surface area contributed by atoms with Crippen LogP contribution in [0.15, 0.2) is 42.7 Å². The molecular formula is C27H36N4O3. The van der Waals surface area contributed by atoms with E-state index in [1.165, 1.54) is 12.0 Å². The quantitative estimate of drug-likeness (QED) is 0.672. The molecule has 182 valence electrons. The monoisotopic (exact) mass is 464 g/mol. The van der Waals surface area contributed by atoms with Crippen molar-refractivity contribution in [3.05, 3.63) is 59.6 Å². The molecule has 7 heteroatoms. The lowest BCUT2D eigenvalue weighted by molar-refractivity contribution is 0.0324. The Bertz CT molecular complexity index is 1010. The van der Waals surface area contributed by atoms with E-state index in [9.17, 15) is 9.90 Å². The molecule has 2 aromatic rings. The Morgan fingerprint density at radius 2 is 2.15 bits per heavy atom. The van der Waals surface area contributed by atoms with Crippen LogP contribution in [0.3, 0.4) is 0 Å². The minimum atomic E-state index is -0.287. The first-order valence-corrected chi connectivity index (χ1v) is 12.3. The number of hydrogen-bond acceptors (Lipinski definition) is 6. The lowest BCUT2D eigenvalue weighted by atomic mass is 9.93. The van der Waals surface area contributed by atoms with Crippen LogP contribution >= 0.6 is 0 Å². The molecule has 0 aromatic carbocycles. The highest BCUT2D eigenvalue weighted by Crippen LogP contribution is 2.32. The smallest absolute Gasteiger partial charge is 0.259 e. The number of carbonyl (C=O) groups is 1. The second kappa shape index (κ2) is 11.1. The standard InChI is InChI=1S/C27H36N4O3/c1-19-15-31(20(2)18-32)27(33)24-13-22(21-9-5-4-6-10-21)14-29-26(24)34-25(19)17-30(3)16-23-11-7-8-12-28-23/h7-9,11-14,19-20,25,32H,4-6,10,15-18H2,1-3H3/t19-,20+,25+/m1/s1. The molecule has 0 bridgehead atoms. The fraction of sp³-hybridized carbons (Fsp3) is 0.519. The summed E-state index contributed by atoms with van der Waals surface area (Å²) in [5.41, 5.74) is 3.72. The number of aromatic nitrogens is 2. The fourth-order valence-corrected chi connectivity index (χ4v) is 4.74. The first-order valence-electron chi connectivity index (χ1n) is 12.3. The average molecular weight is 465 g/mol. The number of ether oxygens (including phenoxy) is 1. The molecule has 0 unspecified atom stereocenters. The van der Waals surface area contributed by atoms with Gasteiger partial charge in [0.15, 0.2) is 0 Å². The van der Waals surface area contributed by atoms with Crippen molar-refractivity contribution in [3.63, 3.8) is 0 Å². The summed E-state index contributed by atoms with van der Waals surface area (Å²) in [4.78, 5) is 26.6. The third-order valence-corrected chi connectivity index (χ3v) is 6.83. The summed E-state index contributed by atoms with van der Waals surface area (Å²) in [6, 6.07) is 7.57. The maximum absolute atomic E-state index is 13.6. The Morgan fingerprint density at radius 3 is 2.85 bits per heavy atom. The SMILES string of the molecule is C[C@@H]1CN([C@@H](C)CO)C(=O)c2cc(C3=CCCCC3)cnc2O[C@H]1CN(C)Cc1ccccn1. The molecule has 3 heterocycles. The van der Waals surface area contributed by atoms with E-state index in [4.69, 9.17) is 4.74 Å². The number of carbonyl (C=O) groups excluding carboxylic acids is 1. The van der Waals surface area contributed by atoms with Crippen LogP contribution in [0, 0.1) is 5.92 Å². The maximum Gasteiger partial charge on any atom is 0.259 e. The van der Waals surface area contributed by atoms with Gasteiger partial charge in [0.1, 0.15) is 11.7 Å². The van der Waals surface area contributed by atoms with Gasteiger partial charge in [0.2, 0.25) is 5.88 Å². The molecule has 2 aromatic heterocycles. The summed E-state index contributed by atoms with van der Waals surface area (Å²) in [7, 11) is 2.05. The van der Waals surface area contributed by atoms with Crippen molar-refractivity contribution in [2.75, 3.05) is 26.7 Å². The van der Waals surface area contributed by atoms with Crippen molar-refractivity contribution in [1.29, 1.82) is 0 Å². The van der Waals surface area contributed by atoms with E-state index in [2.05, 4.69) is 34.9 Å². The average Bonchev–Trinajstić information content (AvgIpc) is 2.86. The predicted molar refractivity (Wildman–Crippen MR) is 132 cm³/mol. The van der Waals surface area contributed by atoms with Crippen LogP contribution in [0.5, 0.6) is 5.88 Å². The van der Waals surface area contributed by atoms with Gasteiger partial charge in [0.05, 0.1) is 18.3 Å². The predicted octanol–water partition coefficient (Wildman–Crippen LogP) is 3.79. The molecule has 0 radical (unpaired) electrons. The van der Waals surface area contributed by atoms with E-state index in [-0.39, 0.29) is 30.6 Å². The second-order valence-corrected chi connectivity index (χ2v) is 9.69. The zero-order chi connectivity index (χ0) is 24.1. The molecule has 0 fully saturated rings. The van der Waals surface area contributed by atoms with E-state index >= 15 is 0 Å². The Balaban J connectivity index is 1.63. The van der Waals surface area contributed by atoms with Gasteiger partial charge in [-0.15, -0.1) is 0 Å². The number of allylic oxidation sites excluding steroid dienone is 2. The van der Waals surface area contributed by atoms with Crippen molar-refractivity contribution in [2.45, 2.75) is 58.2 Å². The summed E-state index contributed by atoms with van der Waals surface area (Å²) in [5, 5.41) is 9.87. The molecule has 1 N–H and O–H groups in total. The largest absolute Gasteiger partial charge is 0.472 e. The van der Waals surface area contributed by atoms with Gasteiger partial charge in [-0.2, -0.15) is 0 Å². The zero-order valence-electron chi connectivity index (χ0n) is 20.5. The first-order chi connectivity index (χ1) is 16.5. The van der Waals surface area contributed by atoms with E-state index < -0.39 is 0 Å². The summed E-state index contributed by atoms with van der Waals surface area (Å²) in [5.74, 6) is 0.303. The topological polar surface area (TPSA) is 78.8 Å². The van der Waals surface area contributed by atoms with Crippen molar-refractivity contribution >= 4 is 11.5 Å². The Kier molecular flexibility index (Phi) is 7.95. The summed E-state index contributed by atoms with van der Waals surface area (Å²) >= 11 is 0. The molecule has 4 rings (SSSR count). The van der Waals surface area contributed by atoms with Gasteiger partial charge < -0.3 is 14.7 Å². The van der Waals surface area contributed by atoms with Crippen LogP contribution in [0.25, 0.3) is 5.57 Å². The number of pyridine rings is 2. The molecule has 3 atom stereocenters. The van der Waals surface area contributed by atoms with Gasteiger partial charge in [0, 0.05) is 37.9 Å². The maximum atomic E-state index is 13.6. The van der Waals surface area contributed by atoms with Crippen molar-refractivity contribution in [2.24, 2.45) is 5.92 Å². The van der Waals surface area contributed by atoms with Crippen molar-refractivity contribution < 1.29 is 14.6 Å². The van der Waals surface area contributed by atoms with Gasteiger partial charge in [-0.05, 0) is 69.0 Å². The van der Waals surface area contributed by atoms with Gasteiger partial charge in [-0.25, -0.2) is 4.98 Å². The molecule has 1 amide bonds. The molecule has 7 nitrogen and oxygen atoms in total. The summed E-state index contributed by atoms with van der Waals surface area (Å²) in [6.07, 6.45) is 10.2. The van der Waals surface area contributed by atoms with Crippen LogP contribution in [-0.4, -0.2) is 69.7 Å². The molecule has 0 spiro atoms. The summed E-state index contributed by atoms with van der Waals surface area (Å²) in [6.45, 7) is 5.77. The number of amides is 1. The Labute approximate surface area is 202 Å². The Hall–Kier alpha value is -2.77. The van der Waals surface area contributed by atoms with E-state index in [0.717, 1.165) is 30.5 Å². The second-order valence-electron chi connectivity index (χ2n) is 9.69. The highest BCUT2D eigenvalue weighted by Gasteiger charge is 2.34. The highest BCUT2D eigenvalue weighted by atomic mass is 16.5. The number of hydrogen-bond donors (Lipinski definition) is 1. The van der Waals surface area contributed by atoms with E-state index in [1.807, 2.05) is 37.4 Å². The third-order valence-electron chi connectivity index (χ3n) is 6.83. The molecular weight excluding hydrogens is 428 g/mol. The number of aliphatic hydroxyl groups excluding tert-OH is 1. The fourth-order valence-electron chi connectivity index (χ4n) is 4.74. The number of likely N-dealkylation sites (N-methyl/N-ethyl adjacent to an activating group) is 1. The molecule has 1 aliphatic carbocycles. The highest BCUT2D eigenvalue weighted by molar-refractivity contribution is 5.97. The molecule has 34 heavy (non-hydrogen) atoms. The molecule has 0 saturated heterocycles. The normalized spacial score (nSPS) is 21.9. The summed E-state index contributed by atoms with van der Waals surface area (Å²) < 4.78 is 6.43. The number of rotatable bonds is 7. The van der Waals surface area contributed by atoms with Gasteiger partial charge >= 0.3 is 0 Å². The van der Waals surface area contributed by atoms with Crippen LogP contribution in [0.1, 0.15) is 61.1 Å². The molecule has 0 saturated carbocycles. The minimum Gasteiger partial charge on any atom is -0.472 e. The van der Waals surface area contributed by atoms with Crippen molar-refractivity contribution in [3.8, 4) is 5.88 Å². The zero-order valence-corrected chi connectivity index (χ0v) is 20.5. The Morgan fingerprint density at radius 1 is 1.29 bits per heavy atom. The number of fused-ring (bicyclic) bond motifs is 1. The minimum absolute atomic E-state index is 0.0554. The lowest BCUT2D eigenvalue weighted by Gasteiger charge is -2.37. The third kappa shape index (κ3) is 5.65. The van der Waals surface area contributed by atoms with E-state index in [1.54, 1.807) is 11.1 Å². The first kappa shape index (κ1) is 24.4. The van der Waals surface area contributed by atoms with E-state index in [0.29, 0.717) is 31.1 Å². The van der Waals surface area contributed by atoms with Crippen LogP contribution in [0.4, 0.5) is 0 Å². The van der Waals surface area contributed by atoms with Crippen LogP contribution in [-0.2, 0) is 6.54 Å². The molecule has 1 aliphatic heterocycles. The van der Waals surface area contributed by atoms with Crippen LogP contribution < -0.4 is 4.74 Å². The number of aliphatic hydroxyl groups is 1. The lowest BCUT2D eigenvalue weighted by Crippen LogP contribution is -2.49. The van der Waals surface area contributed by atoms with Gasteiger partial charge in [-0.3, -0.25) is 14.7 Å². The molecule has 2 aliphatic rings.